The molecule has 0 bridgehead atoms. The van der Waals surface area contributed by atoms with Gasteiger partial charge in [-0.05, 0) is 24.3 Å². The number of nitrogens with zero attached hydrogens (tertiary/aromatic N) is 1. The molecule has 19 heavy (non-hydrogen) atoms. The summed E-state index contributed by atoms with van der Waals surface area (Å²) in [4.78, 5) is 13.3. The Morgan fingerprint density at radius 3 is 2.63 bits per heavy atom. The molecule has 0 unspecified atom stereocenters. The number of carbonyl (C=O) groups excluding carboxylic acids is 1. The topological polar surface area (TPSA) is 29.5 Å². The second-order valence-corrected chi connectivity index (χ2v) is 4.95. The van der Waals surface area contributed by atoms with Crippen LogP contribution in [0.2, 0.25) is 0 Å². The van der Waals surface area contributed by atoms with E-state index in [0.717, 1.165) is 5.56 Å². The molecule has 7 heteroatoms. The normalized spacial score (nSPS) is 14.5. The number of rotatable bonds is 2. The van der Waals surface area contributed by atoms with Crippen LogP contribution >= 0.6 is 11.8 Å². The Balaban J connectivity index is 2.44. The number of carbonyl (C=O) groups is 1. The maximum atomic E-state index is 12.4. The van der Waals surface area contributed by atoms with Gasteiger partial charge < -0.3 is 9.64 Å². The van der Waals surface area contributed by atoms with E-state index in [4.69, 9.17) is 0 Å². The van der Waals surface area contributed by atoms with Gasteiger partial charge in [0, 0.05) is 24.4 Å². The highest BCUT2D eigenvalue weighted by Gasteiger charge is 2.33. The van der Waals surface area contributed by atoms with Crippen molar-refractivity contribution in [2.75, 3.05) is 17.7 Å². The van der Waals surface area contributed by atoms with E-state index in [-0.39, 0.29) is 11.7 Å². The Labute approximate surface area is 112 Å². The maximum Gasteiger partial charge on any atom is 0.573 e. The van der Waals surface area contributed by atoms with E-state index in [2.05, 4.69) is 4.74 Å². The summed E-state index contributed by atoms with van der Waals surface area (Å²) in [5.74, 6) is -0.444. The lowest BCUT2D eigenvalue weighted by atomic mass is 10.1. The summed E-state index contributed by atoms with van der Waals surface area (Å²) in [6, 6.07) is 2.95. The first-order valence-corrected chi connectivity index (χ1v) is 6.79. The molecule has 0 N–H and O–H groups in total. The highest BCUT2D eigenvalue weighted by Crippen LogP contribution is 2.40. The minimum Gasteiger partial charge on any atom is -0.405 e. The van der Waals surface area contributed by atoms with Gasteiger partial charge in [-0.15, -0.1) is 24.9 Å². The van der Waals surface area contributed by atoms with Gasteiger partial charge in [-0.1, -0.05) is 0 Å². The Kier molecular flexibility index (Phi) is 3.66. The van der Waals surface area contributed by atoms with Crippen molar-refractivity contribution >= 4 is 23.4 Å². The van der Waals surface area contributed by atoms with Gasteiger partial charge in [-0.2, -0.15) is 0 Å². The second kappa shape index (κ2) is 4.96. The van der Waals surface area contributed by atoms with Crippen molar-refractivity contribution in [2.45, 2.75) is 24.6 Å². The molecule has 0 fully saturated rings. The molecule has 0 saturated heterocycles. The molecular weight excluding hydrogens is 279 g/mol. The SMILES string of the molecule is CSc1cc2c(cc1OC(F)(F)F)N(C(C)=O)CC2. The lowest BCUT2D eigenvalue weighted by Crippen LogP contribution is -2.26. The number of hydrogen-bond acceptors (Lipinski definition) is 3. The van der Waals surface area contributed by atoms with Gasteiger partial charge in [0.2, 0.25) is 5.91 Å². The molecule has 1 amide bonds. The average Bonchev–Trinajstić information content (AvgIpc) is 2.68. The molecule has 1 aliphatic heterocycles. The van der Waals surface area contributed by atoms with Gasteiger partial charge in [0.05, 0.1) is 5.69 Å². The highest BCUT2D eigenvalue weighted by molar-refractivity contribution is 7.98. The smallest absolute Gasteiger partial charge is 0.405 e. The standard InChI is InChI=1S/C12H12F3NO2S/c1-7(17)16-4-3-8-5-11(19-2)10(6-9(8)16)18-12(13,14)15/h5-6H,3-4H2,1-2H3. The third kappa shape index (κ3) is 2.97. The number of thioether (sulfide) groups is 1. The molecule has 1 heterocycles. The van der Waals surface area contributed by atoms with Crippen LogP contribution < -0.4 is 9.64 Å². The third-order valence-corrected chi connectivity index (χ3v) is 3.63. The van der Waals surface area contributed by atoms with E-state index in [9.17, 15) is 18.0 Å². The van der Waals surface area contributed by atoms with E-state index >= 15 is 0 Å². The van der Waals surface area contributed by atoms with E-state index in [0.29, 0.717) is 23.5 Å². The van der Waals surface area contributed by atoms with Gasteiger partial charge in [-0.25, -0.2) is 0 Å². The molecule has 0 radical (unpaired) electrons. The lowest BCUT2D eigenvalue weighted by molar-refractivity contribution is -0.275. The van der Waals surface area contributed by atoms with Gasteiger partial charge in [0.15, 0.2) is 0 Å². The molecule has 0 aliphatic carbocycles. The molecule has 1 aliphatic rings. The number of halogens is 3. The summed E-state index contributed by atoms with van der Waals surface area (Å²) in [5, 5.41) is 0. The molecule has 0 atom stereocenters. The van der Waals surface area contributed by atoms with Gasteiger partial charge >= 0.3 is 6.36 Å². The zero-order valence-corrected chi connectivity index (χ0v) is 11.2. The number of benzene rings is 1. The van der Waals surface area contributed by atoms with Crippen LogP contribution in [-0.2, 0) is 11.2 Å². The Morgan fingerprint density at radius 1 is 1.42 bits per heavy atom. The molecule has 0 spiro atoms. The van der Waals surface area contributed by atoms with Crippen LogP contribution in [-0.4, -0.2) is 25.1 Å². The van der Waals surface area contributed by atoms with Crippen molar-refractivity contribution in [3.05, 3.63) is 17.7 Å². The van der Waals surface area contributed by atoms with E-state index in [1.165, 1.54) is 29.7 Å². The minimum atomic E-state index is -4.74. The summed E-state index contributed by atoms with van der Waals surface area (Å²) in [5.41, 5.74) is 1.37. The predicted octanol–water partition coefficient (Wildman–Crippen LogP) is 3.22. The van der Waals surface area contributed by atoms with E-state index in [1.807, 2.05) is 0 Å². The van der Waals surface area contributed by atoms with Gasteiger partial charge in [-0.3, -0.25) is 4.79 Å². The number of alkyl halides is 3. The first kappa shape index (κ1) is 14.0. The number of anilines is 1. The molecule has 0 saturated carbocycles. The summed E-state index contributed by atoms with van der Waals surface area (Å²) in [7, 11) is 0. The van der Waals surface area contributed by atoms with Crippen molar-refractivity contribution in [1.29, 1.82) is 0 Å². The van der Waals surface area contributed by atoms with Crippen molar-refractivity contribution in [3.63, 3.8) is 0 Å². The lowest BCUT2D eigenvalue weighted by Gasteiger charge is -2.18. The largest absolute Gasteiger partial charge is 0.573 e. The van der Waals surface area contributed by atoms with Crippen LogP contribution in [0.5, 0.6) is 5.75 Å². The molecule has 1 aromatic carbocycles. The Hall–Kier alpha value is -1.37. The third-order valence-electron chi connectivity index (χ3n) is 2.87. The highest BCUT2D eigenvalue weighted by atomic mass is 32.2. The number of amides is 1. The van der Waals surface area contributed by atoms with Crippen molar-refractivity contribution in [1.82, 2.24) is 0 Å². The van der Waals surface area contributed by atoms with Crippen molar-refractivity contribution < 1.29 is 22.7 Å². The number of fused-ring (bicyclic) bond motifs is 1. The summed E-state index contributed by atoms with van der Waals surface area (Å²) < 4.78 is 41.1. The van der Waals surface area contributed by atoms with E-state index in [1.54, 1.807) is 12.3 Å². The summed E-state index contributed by atoms with van der Waals surface area (Å²) in [6.07, 6.45) is -2.41. The molecule has 1 aromatic rings. The van der Waals surface area contributed by atoms with E-state index < -0.39 is 6.36 Å². The second-order valence-electron chi connectivity index (χ2n) is 4.10. The van der Waals surface area contributed by atoms with Gasteiger partial charge in [0.25, 0.3) is 0 Å². The zero-order valence-electron chi connectivity index (χ0n) is 10.4. The fourth-order valence-electron chi connectivity index (χ4n) is 2.09. The van der Waals surface area contributed by atoms with Gasteiger partial charge in [0.1, 0.15) is 5.75 Å². The predicted molar refractivity (Wildman–Crippen MR) is 66.6 cm³/mol. The monoisotopic (exact) mass is 291 g/mol. The fraction of sp³-hybridized carbons (Fsp3) is 0.417. The summed E-state index contributed by atoms with van der Waals surface area (Å²) in [6.45, 7) is 1.88. The van der Waals surface area contributed by atoms with Crippen LogP contribution in [0, 0.1) is 0 Å². The zero-order chi connectivity index (χ0) is 14.2. The number of hydrogen-bond donors (Lipinski definition) is 0. The minimum absolute atomic E-state index is 0.186. The quantitative estimate of drug-likeness (QED) is 0.784. The molecule has 0 aromatic heterocycles. The van der Waals surface area contributed by atoms with Crippen LogP contribution in [0.15, 0.2) is 17.0 Å². The Bertz CT molecular complexity index is 516. The van der Waals surface area contributed by atoms with Crippen LogP contribution in [0.4, 0.5) is 18.9 Å². The molecule has 2 rings (SSSR count). The van der Waals surface area contributed by atoms with Crippen molar-refractivity contribution in [2.24, 2.45) is 0 Å². The first-order valence-electron chi connectivity index (χ1n) is 5.56. The number of ether oxygens (including phenoxy) is 1. The maximum absolute atomic E-state index is 12.4. The first-order chi connectivity index (χ1) is 8.81. The van der Waals surface area contributed by atoms with Crippen LogP contribution in [0.3, 0.4) is 0 Å². The fourth-order valence-corrected chi connectivity index (χ4v) is 2.65. The summed E-state index contributed by atoms with van der Waals surface area (Å²) >= 11 is 1.18. The van der Waals surface area contributed by atoms with Crippen molar-refractivity contribution in [3.8, 4) is 5.75 Å². The van der Waals surface area contributed by atoms with Crippen LogP contribution in [0.25, 0.3) is 0 Å². The van der Waals surface area contributed by atoms with Crippen LogP contribution in [0.1, 0.15) is 12.5 Å². The average molecular weight is 291 g/mol. The molecule has 104 valence electrons. The Morgan fingerprint density at radius 2 is 2.11 bits per heavy atom. The molecular formula is C12H12F3NO2S. The molecule has 3 nitrogen and oxygen atoms in total.